The Morgan fingerprint density at radius 3 is 2.50 bits per heavy atom. The third-order valence-corrected chi connectivity index (χ3v) is 4.06. The van der Waals surface area contributed by atoms with Crippen LogP contribution in [0.3, 0.4) is 0 Å². The summed E-state index contributed by atoms with van der Waals surface area (Å²) in [6, 6.07) is 6.05. The zero-order valence-electron chi connectivity index (χ0n) is 10.1. The van der Waals surface area contributed by atoms with Gasteiger partial charge in [0.1, 0.15) is 0 Å². The van der Waals surface area contributed by atoms with E-state index >= 15 is 0 Å². The van der Waals surface area contributed by atoms with Crippen molar-refractivity contribution in [2.45, 2.75) is 23.8 Å². The predicted molar refractivity (Wildman–Crippen MR) is 69.2 cm³/mol. The molecular weight excluding hydrogens is 252 g/mol. The van der Waals surface area contributed by atoms with Crippen LogP contribution in [-0.4, -0.2) is 33.2 Å². The molecule has 98 valence electrons. The fraction of sp³-hybridized carbons (Fsp3) is 0.417. The van der Waals surface area contributed by atoms with Gasteiger partial charge in [-0.2, -0.15) is 0 Å². The van der Waals surface area contributed by atoms with Crippen LogP contribution in [0.1, 0.15) is 12.8 Å². The molecule has 1 saturated heterocycles. The van der Waals surface area contributed by atoms with Crippen molar-refractivity contribution in [2.75, 3.05) is 18.1 Å². The number of rotatable bonds is 3. The number of hydrogen-bond donors (Lipinski definition) is 2. The lowest BCUT2D eigenvalue weighted by molar-refractivity contribution is -0.117. The molecule has 0 aromatic heterocycles. The van der Waals surface area contributed by atoms with E-state index < -0.39 is 9.84 Å². The number of carbonyl (C=O) groups excluding carboxylic acids is 1. The second-order valence-corrected chi connectivity index (χ2v) is 6.45. The third kappa shape index (κ3) is 3.08. The SMILES string of the molecule is CS(=O)(=O)c1ccc(NC(=O)C2CCCN2)cc1. The highest BCUT2D eigenvalue weighted by Crippen LogP contribution is 2.15. The molecule has 1 unspecified atom stereocenters. The lowest BCUT2D eigenvalue weighted by Crippen LogP contribution is -2.35. The van der Waals surface area contributed by atoms with Gasteiger partial charge in [-0.25, -0.2) is 8.42 Å². The summed E-state index contributed by atoms with van der Waals surface area (Å²) < 4.78 is 22.6. The molecule has 1 aliphatic rings. The van der Waals surface area contributed by atoms with Crippen molar-refractivity contribution in [3.63, 3.8) is 0 Å². The van der Waals surface area contributed by atoms with E-state index in [4.69, 9.17) is 0 Å². The number of benzene rings is 1. The van der Waals surface area contributed by atoms with E-state index in [9.17, 15) is 13.2 Å². The lowest BCUT2D eigenvalue weighted by Gasteiger charge is -2.11. The molecule has 6 heteroatoms. The zero-order chi connectivity index (χ0) is 13.2. The van der Waals surface area contributed by atoms with E-state index in [1.807, 2.05) is 0 Å². The number of carbonyl (C=O) groups is 1. The van der Waals surface area contributed by atoms with Crippen LogP contribution < -0.4 is 10.6 Å². The minimum atomic E-state index is -3.19. The van der Waals surface area contributed by atoms with Crippen molar-refractivity contribution < 1.29 is 13.2 Å². The van der Waals surface area contributed by atoms with Gasteiger partial charge in [0.25, 0.3) is 0 Å². The summed E-state index contributed by atoms with van der Waals surface area (Å²) in [4.78, 5) is 12.1. The normalized spacial score (nSPS) is 19.7. The van der Waals surface area contributed by atoms with Gasteiger partial charge in [-0.3, -0.25) is 4.79 Å². The molecule has 1 aromatic rings. The minimum absolute atomic E-state index is 0.0698. The maximum Gasteiger partial charge on any atom is 0.241 e. The molecule has 1 aliphatic heterocycles. The van der Waals surface area contributed by atoms with Crippen molar-refractivity contribution in [1.29, 1.82) is 0 Å². The quantitative estimate of drug-likeness (QED) is 0.849. The smallest absolute Gasteiger partial charge is 0.241 e. The van der Waals surface area contributed by atoms with Crippen molar-refractivity contribution in [3.8, 4) is 0 Å². The molecule has 0 saturated carbocycles. The van der Waals surface area contributed by atoms with Gasteiger partial charge in [-0.1, -0.05) is 0 Å². The highest BCUT2D eigenvalue weighted by atomic mass is 32.2. The van der Waals surface area contributed by atoms with Gasteiger partial charge in [-0.05, 0) is 43.7 Å². The number of amides is 1. The Hall–Kier alpha value is -1.40. The summed E-state index contributed by atoms with van der Waals surface area (Å²) in [6.07, 6.45) is 3.00. The molecule has 5 nitrogen and oxygen atoms in total. The highest BCUT2D eigenvalue weighted by molar-refractivity contribution is 7.90. The highest BCUT2D eigenvalue weighted by Gasteiger charge is 2.21. The summed E-state index contributed by atoms with van der Waals surface area (Å²) in [7, 11) is -3.19. The first kappa shape index (κ1) is 13.0. The monoisotopic (exact) mass is 268 g/mol. The molecule has 18 heavy (non-hydrogen) atoms. The first-order chi connectivity index (χ1) is 8.47. The molecule has 1 aromatic carbocycles. The molecular formula is C12H16N2O3S. The van der Waals surface area contributed by atoms with E-state index in [1.165, 1.54) is 12.1 Å². The fourth-order valence-corrected chi connectivity index (χ4v) is 2.55. The van der Waals surface area contributed by atoms with Crippen LogP contribution in [0.25, 0.3) is 0 Å². The summed E-state index contributed by atoms with van der Waals surface area (Å²) in [5, 5.41) is 5.87. The van der Waals surface area contributed by atoms with Gasteiger partial charge < -0.3 is 10.6 Å². The van der Waals surface area contributed by atoms with Crippen molar-refractivity contribution in [1.82, 2.24) is 5.32 Å². The van der Waals surface area contributed by atoms with Crippen LogP contribution in [-0.2, 0) is 14.6 Å². The first-order valence-corrected chi connectivity index (χ1v) is 7.70. The predicted octanol–water partition coefficient (Wildman–Crippen LogP) is 0.781. The van der Waals surface area contributed by atoms with Gasteiger partial charge in [0.15, 0.2) is 9.84 Å². The molecule has 1 fully saturated rings. The second-order valence-electron chi connectivity index (χ2n) is 4.43. The third-order valence-electron chi connectivity index (χ3n) is 2.93. The maximum absolute atomic E-state index is 11.8. The first-order valence-electron chi connectivity index (χ1n) is 5.81. The molecule has 0 aliphatic carbocycles. The van der Waals surface area contributed by atoms with E-state index in [0.717, 1.165) is 25.6 Å². The Kier molecular flexibility index (Phi) is 3.68. The van der Waals surface area contributed by atoms with Crippen LogP contribution in [0.5, 0.6) is 0 Å². The molecule has 1 amide bonds. The zero-order valence-corrected chi connectivity index (χ0v) is 11.0. The largest absolute Gasteiger partial charge is 0.325 e. The van der Waals surface area contributed by atoms with Gasteiger partial charge in [0, 0.05) is 11.9 Å². The Morgan fingerprint density at radius 2 is 2.00 bits per heavy atom. The summed E-state index contributed by atoms with van der Waals surface area (Å²) in [6.45, 7) is 0.866. The number of anilines is 1. The Bertz CT molecular complexity index is 531. The second kappa shape index (κ2) is 5.07. The molecule has 0 bridgehead atoms. The number of hydrogen-bond acceptors (Lipinski definition) is 4. The lowest BCUT2D eigenvalue weighted by atomic mass is 10.2. The molecule has 0 radical (unpaired) electrons. The summed E-state index contributed by atoms with van der Waals surface area (Å²) >= 11 is 0. The number of nitrogens with one attached hydrogen (secondary N) is 2. The van der Waals surface area contributed by atoms with Crippen molar-refractivity contribution in [2.24, 2.45) is 0 Å². The van der Waals surface area contributed by atoms with Crippen molar-refractivity contribution >= 4 is 21.4 Å². The Labute approximate surface area is 107 Å². The maximum atomic E-state index is 11.8. The minimum Gasteiger partial charge on any atom is -0.325 e. The van der Waals surface area contributed by atoms with Gasteiger partial charge >= 0.3 is 0 Å². The van der Waals surface area contributed by atoms with Gasteiger partial charge in [-0.15, -0.1) is 0 Å². The molecule has 1 heterocycles. The standard InChI is InChI=1S/C12H16N2O3S/c1-18(16,17)10-6-4-9(5-7-10)14-12(15)11-3-2-8-13-11/h4-7,11,13H,2-3,8H2,1H3,(H,14,15). The average Bonchev–Trinajstić information content (AvgIpc) is 2.82. The van der Waals surface area contributed by atoms with Crippen LogP contribution in [0.4, 0.5) is 5.69 Å². The fourth-order valence-electron chi connectivity index (χ4n) is 1.92. The summed E-state index contributed by atoms with van der Waals surface area (Å²) in [5.41, 5.74) is 0.612. The van der Waals surface area contributed by atoms with Crippen molar-refractivity contribution in [3.05, 3.63) is 24.3 Å². The van der Waals surface area contributed by atoms with E-state index in [-0.39, 0.29) is 16.8 Å². The summed E-state index contributed by atoms with van der Waals surface area (Å²) in [5.74, 6) is -0.0698. The van der Waals surface area contributed by atoms with Crippen LogP contribution in [0, 0.1) is 0 Å². The molecule has 1 atom stereocenters. The van der Waals surface area contributed by atoms with Crippen LogP contribution in [0.15, 0.2) is 29.2 Å². The van der Waals surface area contributed by atoms with Crippen LogP contribution in [0.2, 0.25) is 0 Å². The van der Waals surface area contributed by atoms with E-state index in [2.05, 4.69) is 10.6 Å². The molecule has 0 spiro atoms. The van der Waals surface area contributed by atoms with Crippen LogP contribution >= 0.6 is 0 Å². The number of sulfone groups is 1. The Balaban J connectivity index is 2.04. The molecule has 2 N–H and O–H groups in total. The van der Waals surface area contributed by atoms with Gasteiger partial charge in [0.05, 0.1) is 10.9 Å². The van der Waals surface area contributed by atoms with E-state index in [0.29, 0.717) is 5.69 Å². The average molecular weight is 268 g/mol. The Morgan fingerprint density at radius 1 is 1.33 bits per heavy atom. The topological polar surface area (TPSA) is 75.3 Å². The molecule has 2 rings (SSSR count). The van der Waals surface area contributed by atoms with E-state index in [1.54, 1.807) is 12.1 Å². The van der Waals surface area contributed by atoms with Gasteiger partial charge in [0.2, 0.25) is 5.91 Å².